The van der Waals surface area contributed by atoms with Gasteiger partial charge < -0.3 is 19.5 Å². The van der Waals surface area contributed by atoms with E-state index in [2.05, 4.69) is 5.32 Å². The minimum Gasteiger partial charge on any atom is -0.489 e. The van der Waals surface area contributed by atoms with E-state index < -0.39 is 0 Å². The third-order valence-electron chi connectivity index (χ3n) is 4.19. The molecular formula is C16H22ClNO3. The van der Waals surface area contributed by atoms with Gasteiger partial charge in [0.05, 0.1) is 24.3 Å². The number of halogens is 1. The molecule has 2 unspecified atom stereocenters. The summed E-state index contributed by atoms with van der Waals surface area (Å²) in [4.78, 5) is 0. The SMILES string of the molecule is COC1CCCC1NCc1cc(Cl)c2c(c1)OCCCO2. The first kappa shape index (κ1) is 14.9. The van der Waals surface area contributed by atoms with Crippen LogP contribution in [0.3, 0.4) is 0 Å². The molecule has 0 radical (unpaired) electrons. The van der Waals surface area contributed by atoms with Crippen molar-refractivity contribution in [2.24, 2.45) is 0 Å². The van der Waals surface area contributed by atoms with Gasteiger partial charge in [0.2, 0.25) is 0 Å². The van der Waals surface area contributed by atoms with Crippen LogP contribution in [-0.2, 0) is 11.3 Å². The molecule has 116 valence electrons. The minimum absolute atomic E-state index is 0.320. The van der Waals surface area contributed by atoms with Gasteiger partial charge >= 0.3 is 0 Å². The molecule has 21 heavy (non-hydrogen) atoms. The molecule has 0 spiro atoms. The molecule has 0 amide bonds. The fourth-order valence-electron chi connectivity index (χ4n) is 3.08. The molecule has 1 aliphatic carbocycles. The molecule has 1 aromatic rings. The highest BCUT2D eigenvalue weighted by molar-refractivity contribution is 6.32. The van der Waals surface area contributed by atoms with E-state index in [-0.39, 0.29) is 0 Å². The molecule has 0 saturated heterocycles. The van der Waals surface area contributed by atoms with E-state index in [4.69, 9.17) is 25.8 Å². The molecule has 5 heteroatoms. The Morgan fingerprint density at radius 1 is 1.24 bits per heavy atom. The normalized spacial score (nSPS) is 24.9. The number of fused-ring (bicyclic) bond motifs is 1. The minimum atomic E-state index is 0.320. The molecule has 1 fully saturated rings. The largest absolute Gasteiger partial charge is 0.489 e. The lowest BCUT2D eigenvalue weighted by Gasteiger charge is -2.20. The summed E-state index contributed by atoms with van der Waals surface area (Å²) in [6.45, 7) is 2.09. The van der Waals surface area contributed by atoms with Crippen LogP contribution < -0.4 is 14.8 Å². The van der Waals surface area contributed by atoms with Crippen molar-refractivity contribution in [3.8, 4) is 11.5 Å². The van der Waals surface area contributed by atoms with Crippen molar-refractivity contribution < 1.29 is 14.2 Å². The third-order valence-corrected chi connectivity index (χ3v) is 4.47. The van der Waals surface area contributed by atoms with Crippen molar-refractivity contribution in [1.29, 1.82) is 0 Å². The number of methoxy groups -OCH3 is 1. The molecule has 3 rings (SSSR count). The third kappa shape index (κ3) is 3.44. The maximum atomic E-state index is 6.31. The van der Waals surface area contributed by atoms with Gasteiger partial charge in [-0.05, 0) is 37.0 Å². The second kappa shape index (κ2) is 6.86. The zero-order valence-electron chi connectivity index (χ0n) is 12.4. The Kier molecular flexibility index (Phi) is 4.88. The summed E-state index contributed by atoms with van der Waals surface area (Å²) in [5, 5.41) is 4.19. The molecule has 1 aliphatic heterocycles. The van der Waals surface area contributed by atoms with Gasteiger partial charge in [0.15, 0.2) is 11.5 Å². The number of rotatable bonds is 4. The summed E-state index contributed by atoms with van der Waals surface area (Å²) in [5.41, 5.74) is 1.12. The van der Waals surface area contributed by atoms with Gasteiger partial charge in [-0.1, -0.05) is 11.6 Å². The van der Waals surface area contributed by atoms with Crippen LogP contribution in [-0.4, -0.2) is 32.5 Å². The number of ether oxygens (including phenoxy) is 3. The number of benzene rings is 1. The Hall–Kier alpha value is -0.970. The van der Waals surface area contributed by atoms with Crippen LogP contribution >= 0.6 is 11.6 Å². The average Bonchev–Trinajstić information content (AvgIpc) is 2.81. The van der Waals surface area contributed by atoms with E-state index in [1.165, 1.54) is 6.42 Å². The Labute approximate surface area is 130 Å². The Bertz CT molecular complexity index is 495. The summed E-state index contributed by atoms with van der Waals surface area (Å²) in [6, 6.07) is 4.40. The van der Waals surface area contributed by atoms with Crippen molar-refractivity contribution in [1.82, 2.24) is 5.32 Å². The molecule has 1 heterocycles. The van der Waals surface area contributed by atoms with Crippen LogP contribution in [0, 0.1) is 0 Å². The Morgan fingerprint density at radius 2 is 2.10 bits per heavy atom. The van der Waals surface area contributed by atoms with Crippen LogP contribution in [0.25, 0.3) is 0 Å². The lowest BCUT2D eigenvalue weighted by molar-refractivity contribution is 0.0847. The van der Waals surface area contributed by atoms with Crippen molar-refractivity contribution >= 4 is 11.6 Å². The Morgan fingerprint density at radius 3 is 2.95 bits per heavy atom. The number of hydrogen-bond acceptors (Lipinski definition) is 4. The fourth-order valence-corrected chi connectivity index (χ4v) is 3.36. The number of hydrogen-bond donors (Lipinski definition) is 1. The highest BCUT2D eigenvalue weighted by Gasteiger charge is 2.26. The fraction of sp³-hybridized carbons (Fsp3) is 0.625. The summed E-state index contributed by atoms with van der Waals surface area (Å²) in [7, 11) is 1.79. The zero-order valence-corrected chi connectivity index (χ0v) is 13.1. The van der Waals surface area contributed by atoms with E-state index in [0.29, 0.717) is 36.1 Å². The van der Waals surface area contributed by atoms with Crippen LogP contribution in [0.1, 0.15) is 31.2 Å². The molecule has 4 nitrogen and oxygen atoms in total. The predicted molar refractivity (Wildman–Crippen MR) is 82.3 cm³/mol. The van der Waals surface area contributed by atoms with E-state index in [9.17, 15) is 0 Å². The molecule has 1 N–H and O–H groups in total. The van der Waals surface area contributed by atoms with Crippen LogP contribution in [0.2, 0.25) is 5.02 Å². The van der Waals surface area contributed by atoms with Gasteiger partial charge in [-0.25, -0.2) is 0 Å². The standard InChI is InChI=1S/C16H22ClNO3/c1-19-14-5-2-4-13(14)18-10-11-8-12(17)16-15(9-11)20-6-3-7-21-16/h8-9,13-14,18H,2-7,10H2,1H3. The van der Waals surface area contributed by atoms with Gasteiger partial charge in [0, 0.05) is 26.1 Å². The highest BCUT2D eigenvalue weighted by atomic mass is 35.5. The van der Waals surface area contributed by atoms with Gasteiger partial charge in [0.25, 0.3) is 0 Å². The topological polar surface area (TPSA) is 39.7 Å². The second-order valence-electron chi connectivity index (χ2n) is 5.65. The monoisotopic (exact) mass is 311 g/mol. The molecule has 1 aromatic carbocycles. The average molecular weight is 312 g/mol. The van der Waals surface area contributed by atoms with E-state index in [1.807, 2.05) is 12.1 Å². The van der Waals surface area contributed by atoms with Gasteiger partial charge in [-0.3, -0.25) is 0 Å². The van der Waals surface area contributed by atoms with Crippen molar-refractivity contribution in [3.05, 3.63) is 22.7 Å². The van der Waals surface area contributed by atoms with Gasteiger partial charge in [-0.15, -0.1) is 0 Å². The van der Waals surface area contributed by atoms with Gasteiger partial charge in [0.1, 0.15) is 0 Å². The Balaban J connectivity index is 1.68. The van der Waals surface area contributed by atoms with E-state index in [1.54, 1.807) is 7.11 Å². The molecular weight excluding hydrogens is 290 g/mol. The first-order chi connectivity index (χ1) is 10.3. The predicted octanol–water partition coefficient (Wildman–Crippen LogP) is 3.16. The van der Waals surface area contributed by atoms with Crippen molar-refractivity contribution in [2.75, 3.05) is 20.3 Å². The second-order valence-corrected chi connectivity index (χ2v) is 6.06. The summed E-state index contributed by atoms with van der Waals surface area (Å²) in [5.74, 6) is 1.43. The molecule has 0 bridgehead atoms. The van der Waals surface area contributed by atoms with E-state index in [0.717, 1.165) is 37.1 Å². The summed E-state index contributed by atoms with van der Waals surface area (Å²) >= 11 is 6.31. The van der Waals surface area contributed by atoms with E-state index >= 15 is 0 Å². The first-order valence-electron chi connectivity index (χ1n) is 7.62. The lowest BCUT2D eigenvalue weighted by atomic mass is 10.1. The van der Waals surface area contributed by atoms with Crippen LogP contribution in [0.4, 0.5) is 0 Å². The molecule has 2 atom stereocenters. The van der Waals surface area contributed by atoms with Crippen molar-refractivity contribution in [2.45, 2.75) is 44.4 Å². The first-order valence-corrected chi connectivity index (χ1v) is 8.00. The van der Waals surface area contributed by atoms with Crippen LogP contribution in [0.15, 0.2) is 12.1 Å². The smallest absolute Gasteiger partial charge is 0.179 e. The van der Waals surface area contributed by atoms with Crippen molar-refractivity contribution in [3.63, 3.8) is 0 Å². The summed E-state index contributed by atoms with van der Waals surface area (Å²) < 4.78 is 16.9. The maximum Gasteiger partial charge on any atom is 0.179 e. The maximum absolute atomic E-state index is 6.31. The highest BCUT2D eigenvalue weighted by Crippen LogP contribution is 2.38. The lowest BCUT2D eigenvalue weighted by Crippen LogP contribution is -2.36. The summed E-state index contributed by atoms with van der Waals surface area (Å²) in [6.07, 6.45) is 4.72. The number of nitrogens with one attached hydrogen (secondary N) is 1. The quantitative estimate of drug-likeness (QED) is 0.927. The molecule has 0 aromatic heterocycles. The van der Waals surface area contributed by atoms with Crippen LogP contribution in [0.5, 0.6) is 11.5 Å². The zero-order chi connectivity index (χ0) is 14.7. The molecule has 1 saturated carbocycles. The van der Waals surface area contributed by atoms with Gasteiger partial charge in [-0.2, -0.15) is 0 Å². The molecule has 2 aliphatic rings.